The van der Waals surface area contributed by atoms with Gasteiger partial charge >= 0.3 is 0 Å². The van der Waals surface area contributed by atoms with E-state index in [0.717, 1.165) is 36.5 Å². The van der Waals surface area contributed by atoms with Crippen molar-refractivity contribution in [1.82, 2.24) is 0 Å². The van der Waals surface area contributed by atoms with Crippen LogP contribution in [0.15, 0.2) is 23.8 Å². The van der Waals surface area contributed by atoms with Crippen LogP contribution in [0.1, 0.15) is 72.1 Å². The van der Waals surface area contributed by atoms with Crippen LogP contribution in [0.2, 0.25) is 0 Å². The van der Waals surface area contributed by atoms with E-state index in [1.54, 1.807) is 5.57 Å². The van der Waals surface area contributed by atoms with Gasteiger partial charge in [-0.3, -0.25) is 0 Å². The van der Waals surface area contributed by atoms with Crippen molar-refractivity contribution < 1.29 is 5.11 Å². The standard InChI is InChI=1S/C22H34O/c1-14(2)18-7-8-19-17-6-5-15-13-16(23)9-11-21(15,3)20(17)10-12-22(18,19)4/h10,15-19,23H,1,5-9,11-13H2,2-4H3. The van der Waals surface area contributed by atoms with Gasteiger partial charge in [-0.1, -0.05) is 37.6 Å². The van der Waals surface area contributed by atoms with Gasteiger partial charge in [-0.25, -0.2) is 0 Å². The molecule has 1 N–H and O–H groups in total. The second-order valence-electron chi connectivity index (χ2n) is 9.68. The molecule has 4 aliphatic carbocycles. The van der Waals surface area contributed by atoms with Gasteiger partial charge < -0.3 is 5.11 Å². The van der Waals surface area contributed by atoms with Gasteiger partial charge in [0.1, 0.15) is 0 Å². The third-order valence-electron chi connectivity index (χ3n) is 8.59. The summed E-state index contributed by atoms with van der Waals surface area (Å²) in [5, 5.41) is 10.1. The van der Waals surface area contributed by atoms with Crippen LogP contribution in [0.4, 0.5) is 0 Å². The first kappa shape index (κ1) is 15.9. The van der Waals surface area contributed by atoms with Gasteiger partial charge in [0.25, 0.3) is 0 Å². The number of fused-ring (bicyclic) bond motifs is 5. The van der Waals surface area contributed by atoms with E-state index in [4.69, 9.17) is 0 Å². The van der Waals surface area contributed by atoms with Gasteiger partial charge in [-0.2, -0.15) is 0 Å². The van der Waals surface area contributed by atoms with Crippen molar-refractivity contribution in [3.8, 4) is 0 Å². The Morgan fingerprint density at radius 3 is 2.70 bits per heavy atom. The Labute approximate surface area is 142 Å². The summed E-state index contributed by atoms with van der Waals surface area (Å²) in [5.74, 6) is 3.13. The van der Waals surface area contributed by atoms with Crippen molar-refractivity contribution in [2.45, 2.75) is 78.2 Å². The molecule has 0 aliphatic heterocycles. The molecule has 0 saturated heterocycles. The molecule has 0 spiro atoms. The van der Waals surface area contributed by atoms with Crippen LogP contribution in [0.25, 0.3) is 0 Å². The predicted molar refractivity (Wildman–Crippen MR) is 96.0 cm³/mol. The minimum absolute atomic E-state index is 0.0432. The molecule has 1 nitrogen and oxygen atoms in total. The number of rotatable bonds is 1. The summed E-state index contributed by atoms with van der Waals surface area (Å²) in [4.78, 5) is 0. The Bertz CT molecular complexity index is 546. The smallest absolute Gasteiger partial charge is 0.0543 e. The number of aliphatic hydroxyl groups is 1. The lowest BCUT2D eigenvalue weighted by Crippen LogP contribution is -2.48. The molecule has 23 heavy (non-hydrogen) atoms. The van der Waals surface area contributed by atoms with E-state index >= 15 is 0 Å². The van der Waals surface area contributed by atoms with Gasteiger partial charge in [0.15, 0.2) is 0 Å². The molecular formula is C22H34O. The zero-order valence-corrected chi connectivity index (χ0v) is 15.3. The Balaban J connectivity index is 1.68. The summed E-state index contributed by atoms with van der Waals surface area (Å²) in [6.45, 7) is 11.6. The van der Waals surface area contributed by atoms with E-state index < -0.39 is 0 Å². The van der Waals surface area contributed by atoms with Crippen molar-refractivity contribution in [2.75, 3.05) is 0 Å². The molecule has 0 aromatic heterocycles. The van der Waals surface area contributed by atoms with Crippen molar-refractivity contribution in [2.24, 2.45) is 34.5 Å². The highest BCUT2D eigenvalue weighted by Gasteiger charge is 2.57. The molecule has 0 heterocycles. The molecule has 3 fully saturated rings. The molecule has 1 heteroatoms. The summed E-state index contributed by atoms with van der Waals surface area (Å²) >= 11 is 0. The number of hydrogen-bond donors (Lipinski definition) is 1. The first-order chi connectivity index (χ1) is 10.9. The topological polar surface area (TPSA) is 20.2 Å². The van der Waals surface area contributed by atoms with Crippen LogP contribution in [0.5, 0.6) is 0 Å². The second-order valence-corrected chi connectivity index (χ2v) is 9.68. The normalized spacial score (nSPS) is 52.2. The Morgan fingerprint density at radius 2 is 1.96 bits per heavy atom. The summed E-state index contributed by atoms with van der Waals surface area (Å²) < 4.78 is 0. The van der Waals surface area contributed by atoms with Gasteiger partial charge in [0.05, 0.1) is 6.10 Å². The third kappa shape index (κ3) is 2.15. The van der Waals surface area contributed by atoms with Gasteiger partial charge in [0, 0.05) is 0 Å². The maximum Gasteiger partial charge on any atom is 0.0543 e. The summed E-state index contributed by atoms with van der Waals surface area (Å²) in [6, 6.07) is 0. The molecule has 4 rings (SSSR count). The molecule has 128 valence electrons. The lowest BCUT2D eigenvalue weighted by atomic mass is 9.48. The second kappa shape index (κ2) is 5.22. The molecule has 7 atom stereocenters. The summed E-state index contributed by atoms with van der Waals surface area (Å²) in [6.07, 6.45) is 12.6. The van der Waals surface area contributed by atoms with Crippen LogP contribution in [0.3, 0.4) is 0 Å². The highest BCUT2D eigenvalue weighted by atomic mass is 16.3. The molecule has 0 aromatic rings. The maximum atomic E-state index is 10.1. The van der Waals surface area contributed by atoms with Gasteiger partial charge in [-0.05, 0) is 92.8 Å². The fourth-order valence-corrected chi connectivity index (χ4v) is 7.31. The number of allylic oxidation sites excluding steroid dienone is 3. The lowest BCUT2D eigenvalue weighted by molar-refractivity contribution is -0.0104. The minimum Gasteiger partial charge on any atom is -0.393 e. The van der Waals surface area contributed by atoms with Crippen LogP contribution in [-0.4, -0.2) is 11.2 Å². The molecular weight excluding hydrogens is 280 g/mol. The molecule has 4 aliphatic rings. The first-order valence-electron chi connectivity index (χ1n) is 9.90. The average molecular weight is 315 g/mol. The zero-order valence-electron chi connectivity index (χ0n) is 15.3. The lowest BCUT2D eigenvalue weighted by Gasteiger charge is -2.56. The van der Waals surface area contributed by atoms with E-state index in [2.05, 4.69) is 33.4 Å². The third-order valence-corrected chi connectivity index (χ3v) is 8.59. The monoisotopic (exact) mass is 314 g/mol. The average Bonchev–Trinajstić information content (AvgIpc) is 2.85. The fraction of sp³-hybridized carbons (Fsp3) is 0.818. The molecule has 0 aromatic carbocycles. The van der Waals surface area contributed by atoms with Crippen LogP contribution < -0.4 is 0 Å². The zero-order chi connectivity index (χ0) is 16.4. The van der Waals surface area contributed by atoms with Crippen LogP contribution in [0, 0.1) is 34.5 Å². The maximum absolute atomic E-state index is 10.1. The summed E-state index contributed by atoms with van der Waals surface area (Å²) in [7, 11) is 0. The number of aliphatic hydroxyl groups excluding tert-OH is 1. The largest absolute Gasteiger partial charge is 0.393 e. The van der Waals surface area contributed by atoms with E-state index in [-0.39, 0.29) is 6.10 Å². The molecule has 0 bridgehead atoms. The molecule has 3 saturated carbocycles. The molecule has 0 radical (unpaired) electrons. The van der Waals surface area contributed by atoms with E-state index in [1.807, 2.05) is 0 Å². The van der Waals surface area contributed by atoms with Crippen LogP contribution in [-0.2, 0) is 0 Å². The SMILES string of the molecule is C=C(C)C1CCC2C3CCC4CC(O)CCC4(C)C3=CCC12C. The predicted octanol–water partition coefficient (Wildman–Crippen LogP) is 5.50. The highest BCUT2D eigenvalue weighted by molar-refractivity contribution is 5.30. The minimum atomic E-state index is -0.0432. The van der Waals surface area contributed by atoms with E-state index in [9.17, 15) is 5.11 Å². The highest BCUT2D eigenvalue weighted by Crippen LogP contribution is 2.66. The fourth-order valence-electron chi connectivity index (χ4n) is 7.31. The van der Waals surface area contributed by atoms with Crippen molar-refractivity contribution in [1.29, 1.82) is 0 Å². The summed E-state index contributed by atoms with van der Waals surface area (Å²) in [5.41, 5.74) is 4.04. The molecule has 7 unspecified atom stereocenters. The quantitative estimate of drug-likeness (QED) is 0.633. The van der Waals surface area contributed by atoms with Crippen LogP contribution >= 0.6 is 0 Å². The van der Waals surface area contributed by atoms with Gasteiger partial charge in [-0.15, -0.1) is 0 Å². The Kier molecular flexibility index (Phi) is 3.61. The van der Waals surface area contributed by atoms with E-state index in [0.29, 0.717) is 10.8 Å². The molecule has 0 amide bonds. The van der Waals surface area contributed by atoms with Gasteiger partial charge in [0.2, 0.25) is 0 Å². The van der Waals surface area contributed by atoms with Crippen molar-refractivity contribution in [3.63, 3.8) is 0 Å². The Morgan fingerprint density at radius 1 is 1.17 bits per heavy atom. The first-order valence-corrected chi connectivity index (χ1v) is 9.90. The van der Waals surface area contributed by atoms with Crippen molar-refractivity contribution in [3.05, 3.63) is 23.8 Å². The van der Waals surface area contributed by atoms with Crippen molar-refractivity contribution >= 4 is 0 Å². The number of hydrogen-bond acceptors (Lipinski definition) is 1. The van der Waals surface area contributed by atoms with E-state index in [1.165, 1.54) is 44.1 Å². The Hall–Kier alpha value is -0.560.